The molecule has 4 heteroatoms. The Balaban J connectivity index is 2.22. The van der Waals surface area contributed by atoms with Crippen LogP contribution in [-0.4, -0.2) is 24.3 Å². The van der Waals surface area contributed by atoms with Gasteiger partial charge in [0.1, 0.15) is 0 Å². The Morgan fingerprint density at radius 3 is 2.23 bits per heavy atom. The summed E-state index contributed by atoms with van der Waals surface area (Å²) in [5.74, 6) is -0.0271. The molecule has 0 fully saturated rings. The van der Waals surface area contributed by atoms with Crippen LogP contribution in [0.1, 0.15) is 18.1 Å². The Morgan fingerprint density at radius 1 is 1.05 bits per heavy atom. The topological polar surface area (TPSA) is 55.8 Å². The van der Waals surface area contributed by atoms with Crippen LogP contribution in [0, 0.1) is 0 Å². The number of ether oxygens (including phenoxy) is 2. The number of rotatable bonds is 7. The molecule has 0 saturated carbocycles. The molecule has 0 spiro atoms. The summed E-state index contributed by atoms with van der Waals surface area (Å²) in [5, 5.41) is 9.46. The average Bonchev–Trinajstić information content (AvgIpc) is 2.55. The standard InChI is InChI=1S/C18H20O4/c1-3-13-8-4-5-9-14(13)12-17(18(19)20)22-16-11-7-6-10-15(16)21-2/h4-11,17H,3,12H2,1-2H3,(H,19,20). The number of para-hydroxylation sites is 2. The van der Waals surface area contributed by atoms with Gasteiger partial charge in [-0.25, -0.2) is 4.79 Å². The van der Waals surface area contributed by atoms with E-state index in [0.717, 1.165) is 17.5 Å². The van der Waals surface area contributed by atoms with Crippen LogP contribution in [0.25, 0.3) is 0 Å². The fraction of sp³-hybridized carbons (Fsp3) is 0.278. The van der Waals surface area contributed by atoms with E-state index in [9.17, 15) is 9.90 Å². The van der Waals surface area contributed by atoms with Crippen molar-refractivity contribution in [1.82, 2.24) is 0 Å². The summed E-state index contributed by atoms with van der Waals surface area (Å²) in [4.78, 5) is 11.5. The summed E-state index contributed by atoms with van der Waals surface area (Å²) in [5.41, 5.74) is 2.13. The highest BCUT2D eigenvalue weighted by molar-refractivity contribution is 5.73. The summed E-state index contributed by atoms with van der Waals surface area (Å²) in [6.45, 7) is 2.05. The normalized spacial score (nSPS) is 11.7. The second-order valence-corrected chi connectivity index (χ2v) is 4.92. The number of carboxylic acids is 1. The van der Waals surface area contributed by atoms with Gasteiger partial charge < -0.3 is 14.6 Å². The van der Waals surface area contributed by atoms with Gasteiger partial charge in [-0.3, -0.25) is 0 Å². The van der Waals surface area contributed by atoms with E-state index in [2.05, 4.69) is 6.92 Å². The second-order valence-electron chi connectivity index (χ2n) is 4.92. The molecule has 1 unspecified atom stereocenters. The van der Waals surface area contributed by atoms with Gasteiger partial charge in [-0.05, 0) is 29.7 Å². The second kappa shape index (κ2) is 7.50. The number of methoxy groups -OCH3 is 1. The molecule has 2 rings (SSSR count). The zero-order chi connectivity index (χ0) is 15.9. The highest BCUT2D eigenvalue weighted by atomic mass is 16.5. The van der Waals surface area contributed by atoms with Crippen LogP contribution in [0.3, 0.4) is 0 Å². The summed E-state index contributed by atoms with van der Waals surface area (Å²) in [6.07, 6.45) is 0.221. The van der Waals surface area contributed by atoms with E-state index < -0.39 is 12.1 Å². The maximum atomic E-state index is 11.5. The summed E-state index contributed by atoms with van der Waals surface area (Å²) < 4.78 is 10.9. The van der Waals surface area contributed by atoms with Gasteiger partial charge in [0, 0.05) is 6.42 Å². The van der Waals surface area contributed by atoms with Crippen molar-refractivity contribution in [3.05, 3.63) is 59.7 Å². The van der Waals surface area contributed by atoms with Gasteiger partial charge in [0.25, 0.3) is 0 Å². The molecular formula is C18H20O4. The van der Waals surface area contributed by atoms with Gasteiger partial charge in [0.05, 0.1) is 7.11 Å². The van der Waals surface area contributed by atoms with E-state index in [4.69, 9.17) is 9.47 Å². The molecule has 4 nitrogen and oxygen atoms in total. The smallest absolute Gasteiger partial charge is 0.345 e. The number of aryl methyl sites for hydroxylation is 1. The van der Waals surface area contributed by atoms with Gasteiger partial charge in [-0.2, -0.15) is 0 Å². The van der Waals surface area contributed by atoms with Crippen LogP contribution in [-0.2, 0) is 17.6 Å². The molecule has 0 amide bonds. The Bertz CT molecular complexity index is 587. The van der Waals surface area contributed by atoms with Crippen LogP contribution >= 0.6 is 0 Å². The SMILES string of the molecule is CCc1ccccc1CC(Oc1ccccc1OC)C(=O)O. The Kier molecular flexibility index (Phi) is 5.42. The molecule has 0 aliphatic heterocycles. The van der Waals surface area contributed by atoms with Gasteiger partial charge >= 0.3 is 5.97 Å². The molecule has 116 valence electrons. The molecule has 1 atom stereocenters. The zero-order valence-electron chi connectivity index (χ0n) is 12.8. The largest absolute Gasteiger partial charge is 0.493 e. The molecule has 0 heterocycles. The fourth-order valence-corrected chi connectivity index (χ4v) is 2.35. The van der Waals surface area contributed by atoms with Crippen LogP contribution in [0.4, 0.5) is 0 Å². The first-order valence-corrected chi connectivity index (χ1v) is 7.25. The number of aliphatic carboxylic acids is 1. The molecule has 0 aliphatic rings. The summed E-state index contributed by atoms with van der Waals surface area (Å²) >= 11 is 0. The predicted molar refractivity (Wildman–Crippen MR) is 84.6 cm³/mol. The van der Waals surface area contributed by atoms with Crippen molar-refractivity contribution in [2.45, 2.75) is 25.9 Å². The van der Waals surface area contributed by atoms with Gasteiger partial charge in [0.2, 0.25) is 0 Å². The van der Waals surface area contributed by atoms with E-state index in [0.29, 0.717) is 17.9 Å². The van der Waals surface area contributed by atoms with E-state index in [1.54, 1.807) is 18.2 Å². The average molecular weight is 300 g/mol. The van der Waals surface area contributed by atoms with Crippen molar-refractivity contribution >= 4 is 5.97 Å². The summed E-state index contributed by atoms with van der Waals surface area (Å²) in [7, 11) is 1.53. The van der Waals surface area contributed by atoms with E-state index in [1.165, 1.54) is 7.11 Å². The third-order valence-corrected chi connectivity index (χ3v) is 3.52. The zero-order valence-corrected chi connectivity index (χ0v) is 12.8. The molecule has 2 aromatic rings. The molecule has 0 saturated heterocycles. The maximum Gasteiger partial charge on any atom is 0.345 e. The number of benzene rings is 2. The Hall–Kier alpha value is -2.49. The number of hydrogen-bond donors (Lipinski definition) is 1. The molecular weight excluding hydrogens is 280 g/mol. The monoisotopic (exact) mass is 300 g/mol. The Morgan fingerprint density at radius 2 is 1.64 bits per heavy atom. The van der Waals surface area contributed by atoms with Gasteiger partial charge in [0.15, 0.2) is 17.6 Å². The summed E-state index contributed by atoms with van der Waals surface area (Å²) in [6, 6.07) is 14.9. The lowest BCUT2D eigenvalue weighted by Gasteiger charge is -2.18. The molecule has 0 bridgehead atoms. The first-order valence-electron chi connectivity index (χ1n) is 7.25. The number of carbonyl (C=O) groups is 1. The van der Waals surface area contributed by atoms with Crippen LogP contribution in [0.15, 0.2) is 48.5 Å². The maximum absolute atomic E-state index is 11.5. The molecule has 0 aromatic heterocycles. The van der Waals surface area contributed by atoms with Crippen molar-refractivity contribution in [1.29, 1.82) is 0 Å². The number of hydrogen-bond acceptors (Lipinski definition) is 3. The Labute approximate surface area is 130 Å². The van der Waals surface area contributed by atoms with E-state index in [1.807, 2.05) is 30.3 Å². The number of carboxylic acid groups (broad SMARTS) is 1. The lowest BCUT2D eigenvalue weighted by atomic mass is 10.00. The van der Waals surface area contributed by atoms with Crippen molar-refractivity contribution < 1.29 is 19.4 Å². The van der Waals surface area contributed by atoms with Crippen molar-refractivity contribution in [2.75, 3.05) is 7.11 Å². The molecule has 0 radical (unpaired) electrons. The third kappa shape index (κ3) is 3.79. The van der Waals surface area contributed by atoms with Crippen molar-refractivity contribution in [2.24, 2.45) is 0 Å². The van der Waals surface area contributed by atoms with Crippen LogP contribution in [0.2, 0.25) is 0 Å². The first-order chi connectivity index (χ1) is 10.7. The first kappa shape index (κ1) is 15.9. The third-order valence-electron chi connectivity index (χ3n) is 3.52. The fourth-order valence-electron chi connectivity index (χ4n) is 2.35. The highest BCUT2D eigenvalue weighted by Crippen LogP contribution is 2.27. The van der Waals surface area contributed by atoms with Gasteiger partial charge in [-0.15, -0.1) is 0 Å². The lowest BCUT2D eigenvalue weighted by molar-refractivity contribution is -0.145. The molecule has 22 heavy (non-hydrogen) atoms. The lowest BCUT2D eigenvalue weighted by Crippen LogP contribution is -2.30. The van der Waals surface area contributed by atoms with Crippen molar-refractivity contribution in [3.63, 3.8) is 0 Å². The molecule has 0 aliphatic carbocycles. The van der Waals surface area contributed by atoms with Crippen LogP contribution in [0.5, 0.6) is 11.5 Å². The van der Waals surface area contributed by atoms with E-state index in [-0.39, 0.29) is 0 Å². The minimum atomic E-state index is -0.989. The minimum Gasteiger partial charge on any atom is -0.493 e. The predicted octanol–water partition coefficient (Wildman–Crippen LogP) is 3.33. The minimum absolute atomic E-state index is 0.317. The van der Waals surface area contributed by atoms with Crippen molar-refractivity contribution in [3.8, 4) is 11.5 Å². The van der Waals surface area contributed by atoms with Gasteiger partial charge in [-0.1, -0.05) is 43.3 Å². The molecule has 2 aromatic carbocycles. The van der Waals surface area contributed by atoms with Crippen LogP contribution < -0.4 is 9.47 Å². The highest BCUT2D eigenvalue weighted by Gasteiger charge is 2.22. The quantitative estimate of drug-likeness (QED) is 0.852. The molecule has 1 N–H and O–H groups in total. The van der Waals surface area contributed by atoms with E-state index >= 15 is 0 Å².